The number of aliphatic imine (C=N–C) groups is 1. The summed E-state index contributed by atoms with van der Waals surface area (Å²) in [5.41, 5.74) is 14.9. The topological polar surface area (TPSA) is 172 Å². The van der Waals surface area contributed by atoms with Crippen LogP contribution in [-0.2, 0) is 20.8 Å². The third-order valence-corrected chi connectivity index (χ3v) is 7.95. The van der Waals surface area contributed by atoms with E-state index in [0.717, 1.165) is 16.8 Å². The van der Waals surface area contributed by atoms with Gasteiger partial charge in [-0.1, -0.05) is 48.2 Å². The van der Waals surface area contributed by atoms with E-state index in [1.54, 1.807) is 18.7 Å². The Morgan fingerprint density at radius 2 is 1.70 bits per heavy atom. The van der Waals surface area contributed by atoms with Gasteiger partial charge in [0.25, 0.3) is 0 Å². The number of carbonyl (C=O) groups is 1. The summed E-state index contributed by atoms with van der Waals surface area (Å²) in [6.45, 7) is 3.57. The highest BCUT2D eigenvalue weighted by Crippen LogP contribution is 2.47. The Kier molecular flexibility index (Phi) is 12.1. The van der Waals surface area contributed by atoms with Crippen LogP contribution in [0.3, 0.4) is 0 Å². The van der Waals surface area contributed by atoms with Gasteiger partial charge in [0.05, 0.1) is 30.3 Å². The van der Waals surface area contributed by atoms with Gasteiger partial charge in [-0.05, 0) is 55.3 Å². The lowest BCUT2D eigenvalue weighted by Crippen LogP contribution is -2.93. The van der Waals surface area contributed by atoms with Crippen molar-refractivity contribution in [3.05, 3.63) is 78.4 Å². The van der Waals surface area contributed by atoms with Gasteiger partial charge < -0.3 is 36.1 Å². The number of para-hydroxylation sites is 2. The average molecular weight is 610 g/mol. The zero-order chi connectivity index (χ0) is 30.6. The molecule has 1 heterocycles. The van der Waals surface area contributed by atoms with Crippen LogP contribution in [0.4, 0.5) is 11.4 Å². The Hall–Kier alpha value is -3.81. The summed E-state index contributed by atoms with van der Waals surface area (Å²) < 4.78 is 11.7. The van der Waals surface area contributed by atoms with Crippen LogP contribution in [-0.4, -0.2) is 61.8 Å². The van der Waals surface area contributed by atoms with E-state index >= 15 is 0 Å². The van der Waals surface area contributed by atoms with Crippen molar-refractivity contribution in [3.63, 3.8) is 0 Å². The number of ether oxygens (including phenoxy) is 2. The van der Waals surface area contributed by atoms with Crippen LogP contribution in [0, 0.1) is 0 Å². The van der Waals surface area contributed by atoms with Gasteiger partial charge in [-0.3, -0.25) is 4.99 Å². The Labute approximate surface area is 255 Å². The lowest BCUT2D eigenvalue weighted by Gasteiger charge is -2.32. The fourth-order valence-corrected chi connectivity index (χ4v) is 5.80. The fourth-order valence-electron chi connectivity index (χ4n) is 4.71. The SMILES string of the molecule is CCO[C@@H](Cc1ccc(OCCN2c3ccccc3Sc3ccccc32)cc1)C([O-])O[NH2+]C(CCCN=C(N)N)C(=O)O. The Bertz CT molecular complexity index is 1310. The third-order valence-electron chi connectivity index (χ3n) is 6.82. The van der Waals surface area contributed by atoms with E-state index in [-0.39, 0.29) is 12.4 Å². The van der Waals surface area contributed by atoms with E-state index in [0.29, 0.717) is 39.1 Å². The summed E-state index contributed by atoms with van der Waals surface area (Å²) in [7, 11) is 0. The largest absolute Gasteiger partial charge is 0.825 e. The lowest BCUT2D eigenvalue weighted by atomic mass is 10.1. The molecule has 1 aliphatic rings. The van der Waals surface area contributed by atoms with E-state index < -0.39 is 24.4 Å². The van der Waals surface area contributed by atoms with Gasteiger partial charge in [-0.15, -0.1) is 0 Å². The Morgan fingerprint density at radius 1 is 1.05 bits per heavy atom. The fraction of sp³-hybridized carbons (Fsp3) is 0.355. The van der Waals surface area contributed by atoms with E-state index in [1.165, 1.54) is 21.2 Å². The van der Waals surface area contributed by atoms with Gasteiger partial charge in [0.1, 0.15) is 12.4 Å². The van der Waals surface area contributed by atoms with Crippen molar-refractivity contribution in [2.24, 2.45) is 16.5 Å². The van der Waals surface area contributed by atoms with Crippen LogP contribution in [0.5, 0.6) is 5.75 Å². The van der Waals surface area contributed by atoms with Gasteiger partial charge in [0.2, 0.25) is 6.04 Å². The van der Waals surface area contributed by atoms with Crippen LogP contribution >= 0.6 is 11.8 Å². The first kappa shape index (κ1) is 32.1. The number of anilines is 2. The highest BCUT2D eigenvalue weighted by Gasteiger charge is 2.25. The number of hydrogen-bond donors (Lipinski definition) is 4. The molecule has 0 aromatic heterocycles. The molecule has 3 aromatic rings. The Morgan fingerprint density at radius 3 is 2.30 bits per heavy atom. The zero-order valence-corrected chi connectivity index (χ0v) is 24.9. The molecule has 0 amide bonds. The first-order valence-corrected chi connectivity index (χ1v) is 15.1. The minimum Gasteiger partial charge on any atom is -0.825 e. The van der Waals surface area contributed by atoms with Crippen LogP contribution in [0.15, 0.2) is 87.6 Å². The summed E-state index contributed by atoms with van der Waals surface area (Å²) in [6.07, 6.45) is -1.43. The van der Waals surface area contributed by atoms with Crippen molar-refractivity contribution in [1.82, 2.24) is 0 Å². The Balaban J connectivity index is 1.29. The molecule has 0 saturated heterocycles. The number of carboxylic acids is 1. The number of aliphatic carboxylic acids is 1. The van der Waals surface area contributed by atoms with Crippen LogP contribution in [0.1, 0.15) is 25.3 Å². The van der Waals surface area contributed by atoms with Crippen LogP contribution in [0.25, 0.3) is 0 Å². The summed E-state index contributed by atoms with van der Waals surface area (Å²) in [5, 5.41) is 22.3. The van der Waals surface area contributed by atoms with Crippen molar-refractivity contribution < 1.29 is 34.8 Å². The quantitative estimate of drug-likeness (QED) is 0.0583. The van der Waals surface area contributed by atoms with E-state index in [4.69, 9.17) is 25.8 Å². The van der Waals surface area contributed by atoms with Crippen LogP contribution in [0.2, 0.25) is 0 Å². The van der Waals surface area contributed by atoms with E-state index in [9.17, 15) is 15.0 Å². The second-order valence-electron chi connectivity index (χ2n) is 9.91. The monoisotopic (exact) mass is 609 g/mol. The molecule has 43 heavy (non-hydrogen) atoms. The summed E-state index contributed by atoms with van der Waals surface area (Å²) in [4.78, 5) is 25.5. The van der Waals surface area contributed by atoms with E-state index in [2.05, 4.69) is 46.3 Å². The number of benzene rings is 3. The lowest BCUT2D eigenvalue weighted by molar-refractivity contribution is -0.946. The highest BCUT2D eigenvalue weighted by molar-refractivity contribution is 7.99. The molecule has 2 unspecified atom stereocenters. The number of hydrogen-bond acceptors (Lipinski definition) is 8. The average Bonchev–Trinajstić information content (AvgIpc) is 3.00. The van der Waals surface area contributed by atoms with Crippen molar-refractivity contribution in [2.75, 3.05) is 31.2 Å². The standard InChI is InChI=1S/C31H38N5O6S/c1-2-40-26(30(39)42-35-23(29(37)38)8-7-17-34-31(32)33)20-21-13-15-22(16-14-21)41-19-18-36-24-9-3-5-11-27(24)43-28-12-6-4-10-25(28)36/h3-6,9-16,23,26,30,35H,2,7-8,17-20H2,1H3,(H,37,38)(H4,32,33,34)/q-1/p+1/t23?,26-,30?/m0/s1. The van der Waals surface area contributed by atoms with Gasteiger partial charge in [-0.2, -0.15) is 5.48 Å². The zero-order valence-electron chi connectivity index (χ0n) is 24.1. The normalized spacial score (nSPS) is 14.2. The maximum atomic E-state index is 12.8. The number of guanidine groups is 1. The predicted octanol–water partition coefficient (Wildman–Crippen LogP) is 2.00. The minimum absolute atomic E-state index is 0.0556. The number of fused-ring (bicyclic) bond motifs is 2. The molecule has 0 saturated carbocycles. The minimum atomic E-state index is -1.59. The molecule has 1 aliphatic heterocycles. The predicted molar refractivity (Wildman–Crippen MR) is 163 cm³/mol. The van der Waals surface area contributed by atoms with Gasteiger partial charge in [0, 0.05) is 35.8 Å². The first-order valence-electron chi connectivity index (χ1n) is 14.2. The number of nitrogens with two attached hydrogens (primary N) is 3. The second-order valence-corrected chi connectivity index (χ2v) is 11.0. The van der Waals surface area contributed by atoms with Gasteiger partial charge >= 0.3 is 5.97 Å². The van der Waals surface area contributed by atoms with Crippen molar-refractivity contribution in [1.29, 1.82) is 0 Å². The number of hydroxylamine groups is 1. The maximum absolute atomic E-state index is 12.8. The molecule has 0 spiro atoms. The summed E-state index contributed by atoms with van der Waals surface area (Å²) >= 11 is 1.77. The maximum Gasteiger partial charge on any atom is 0.365 e. The molecule has 4 rings (SSSR count). The molecular formula is C31H39N5O6S. The smallest absolute Gasteiger partial charge is 0.365 e. The third kappa shape index (κ3) is 9.34. The molecule has 12 heteroatoms. The molecule has 0 radical (unpaired) electrons. The van der Waals surface area contributed by atoms with Crippen LogP contribution < -0.4 is 31.7 Å². The number of rotatable bonds is 17. The van der Waals surface area contributed by atoms with Crippen molar-refractivity contribution in [3.8, 4) is 5.75 Å². The molecule has 3 atom stereocenters. The molecule has 11 nitrogen and oxygen atoms in total. The second kappa shape index (κ2) is 16.1. The molecule has 3 aromatic carbocycles. The highest BCUT2D eigenvalue weighted by atomic mass is 32.2. The van der Waals surface area contributed by atoms with Gasteiger partial charge in [0.15, 0.2) is 5.96 Å². The van der Waals surface area contributed by atoms with Gasteiger partial charge in [-0.25, -0.2) is 9.63 Å². The molecule has 0 fully saturated rings. The number of carboxylic acid groups (broad SMARTS) is 1. The summed E-state index contributed by atoms with van der Waals surface area (Å²) in [5.74, 6) is -0.425. The molecule has 7 N–H and O–H groups in total. The molecule has 0 bridgehead atoms. The molecular weight excluding hydrogens is 570 g/mol. The number of quaternary nitrogens is 1. The molecule has 230 valence electrons. The van der Waals surface area contributed by atoms with E-state index in [1.807, 2.05) is 36.4 Å². The summed E-state index contributed by atoms with van der Waals surface area (Å²) in [6, 6.07) is 23.3. The van der Waals surface area contributed by atoms with Crippen molar-refractivity contribution in [2.45, 2.75) is 54.4 Å². The number of nitrogens with zero attached hydrogens (tertiary/aromatic N) is 2. The van der Waals surface area contributed by atoms with Crippen molar-refractivity contribution >= 4 is 35.1 Å². The first-order chi connectivity index (χ1) is 20.9. The molecule has 0 aliphatic carbocycles.